The first-order valence-electron chi connectivity index (χ1n) is 14.0. The van der Waals surface area contributed by atoms with Gasteiger partial charge in [-0.05, 0) is 47.7 Å². The van der Waals surface area contributed by atoms with Crippen molar-refractivity contribution in [3.63, 3.8) is 0 Å². The van der Waals surface area contributed by atoms with E-state index in [4.69, 9.17) is 5.10 Å². The Morgan fingerprint density at radius 2 is 1.59 bits per heavy atom. The summed E-state index contributed by atoms with van der Waals surface area (Å²) in [5.74, 6) is 1.29. The zero-order valence-electron chi connectivity index (χ0n) is 23.0. The molecule has 7 heteroatoms. The molecule has 0 aliphatic rings. The quantitative estimate of drug-likeness (QED) is 0.221. The third kappa shape index (κ3) is 5.79. The third-order valence-electron chi connectivity index (χ3n) is 7.47. The summed E-state index contributed by atoms with van der Waals surface area (Å²) in [5.41, 5.74) is 5.95. The lowest BCUT2D eigenvalue weighted by atomic mass is 10.0. The van der Waals surface area contributed by atoms with Crippen LogP contribution >= 0.6 is 0 Å². The minimum absolute atomic E-state index is 0.270. The van der Waals surface area contributed by atoms with Gasteiger partial charge in [-0.2, -0.15) is 0 Å². The van der Waals surface area contributed by atoms with Crippen molar-refractivity contribution in [1.82, 2.24) is 30.0 Å². The smallest absolute Gasteiger partial charge is 0.270 e. The summed E-state index contributed by atoms with van der Waals surface area (Å²) in [6.07, 6.45) is 6.12. The van der Waals surface area contributed by atoms with Crippen LogP contribution in [0.3, 0.4) is 0 Å². The van der Waals surface area contributed by atoms with Crippen LogP contribution in [0.2, 0.25) is 0 Å². The van der Waals surface area contributed by atoms with Gasteiger partial charge < -0.3 is 14.9 Å². The summed E-state index contributed by atoms with van der Waals surface area (Å²) in [4.78, 5) is 21.1. The normalized spacial score (nSPS) is 11.9. The number of nitrogens with one attached hydrogen (secondary N) is 2. The Kier molecular flexibility index (Phi) is 7.67. The Morgan fingerprint density at radius 3 is 2.37 bits per heavy atom. The van der Waals surface area contributed by atoms with E-state index >= 15 is 0 Å². The summed E-state index contributed by atoms with van der Waals surface area (Å²) >= 11 is 0. The number of rotatable bonds is 10. The van der Waals surface area contributed by atoms with E-state index in [9.17, 15) is 4.79 Å². The number of pyridine rings is 1. The van der Waals surface area contributed by atoms with Crippen LogP contribution in [-0.2, 0) is 25.8 Å². The van der Waals surface area contributed by atoms with Gasteiger partial charge in [0.25, 0.3) is 5.91 Å². The van der Waals surface area contributed by atoms with Crippen LogP contribution in [0, 0.1) is 0 Å². The molecule has 0 unspecified atom stereocenters. The van der Waals surface area contributed by atoms with Crippen molar-refractivity contribution < 1.29 is 4.79 Å². The summed E-state index contributed by atoms with van der Waals surface area (Å²) in [6.45, 7) is 2.75. The number of carbonyl (C=O) groups excluding carboxylic acids is 1. The van der Waals surface area contributed by atoms with E-state index in [2.05, 4.69) is 86.5 Å². The number of aromatic amines is 1. The first-order valence-corrected chi connectivity index (χ1v) is 14.0. The summed E-state index contributed by atoms with van der Waals surface area (Å²) in [6, 6.07) is 31.9. The predicted octanol–water partition coefficient (Wildman–Crippen LogP) is 6.07. The number of aromatic nitrogens is 5. The molecule has 0 aliphatic carbocycles. The number of H-pyrrole nitrogens is 1. The van der Waals surface area contributed by atoms with Gasteiger partial charge in [-0.25, -0.2) is 0 Å². The van der Waals surface area contributed by atoms with Crippen LogP contribution < -0.4 is 5.32 Å². The van der Waals surface area contributed by atoms with Crippen LogP contribution in [0.25, 0.3) is 10.9 Å². The molecule has 0 saturated heterocycles. The minimum Gasteiger partial charge on any atom is -0.361 e. The molecular weight excluding hydrogens is 508 g/mol. The average Bonchev–Trinajstić information content (AvgIpc) is 3.64. The van der Waals surface area contributed by atoms with Crippen molar-refractivity contribution in [2.24, 2.45) is 0 Å². The molecule has 0 bridgehead atoms. The zero-order chi connectivity index (χ0) is 28.0. The van der Waals surface area contributed by atoms with Crippen molar-refractivity contribution in [3.05, 3.63) is 149 Å². The molecule has 41 heavy (non-hydrogen) atoms. The maximum atomic E-state index is 13.5. The Labute approximate surface area is 239 Å². The standard InChI is InChI=1S/C34H32N6O/c1-2-24-15-17-26(18-16-24)23-40-31(20-19-25-10-4-3-5-11-25)38-39-33(40)32(37-34(41)30-14-8-9-21-35-30)28-22-36-29-13-7-6-12-27(28)29/h3-18,21-22,32,36H,2,19-20,23H2,1H3,(H,37,41)/t32-/m1/s1. The molecule has 0 aliphatic heterocycles. The number of nitrogens with zero attached hydrogens (tertiary/aromatic N) is 4. The lowest BCUT2D eigenvalue weighted by Gasteiger charge is -2.20. The molecule has 1 atom stereocenters. The van der Waals surface area contributed by atoms with Crippen LogP contribution in [0.1, 0.15) is 57.4 Å². The van der Waals surface area contributed by atoms with Crippen molar-refractivity contribution in [3.8, 4) is 0 Å². The van der Waals surface area contributed by atoms with Gasteiger partial charge in [0.1, 0.15) is 17.6 Å². The van der Waals surface area contributed by atoms with Gasteiger partial charge in [0.15, 0.2) is 5.82 Å². The fourth-order valence-corrected chi connectivity index (χ4v) is 5.20. The molecule has 204 valence electrons. The highest BCUT2D eigenvalue weighted by Crippen LogP contribution is 2.30. The second kappa shape index (κ2) is 12.0. The van der Waals surface area contributed by atoms with Gasteiger partial charge in [0, 0.05) is 35.3 Å². The Morgan fingerprint density at radius 1 is 0.829 bits per heavy atom. The fraction of sp³-hybridized carbons (Fsp3) is 0.176. The molecule has 6 aromatic rings. The molecule has 0 saturated carbocycles. The second-order valence-corrected chi connectivity index (χ2v) is 10.1. The van der Waals surface area contributed by atoms with E-state index in [1.165, 1.54) is 11.1 Å². The Bertz CT molecular complexity index is 1740. The molecule has 3 heterocycles. The lowest BCUT2D eigenvalue weighted by molar-refractivity contribution is 0.0936. The Hall–Kier alpha value is -5.04. The molecule has 0 spiro atoms. The molecular formula is C34H32N6O. The minimum atomic E-state index is -0.548. The van der Waals surface area contributed by atoms with E-state index in [-0.39, 0.29) is 5.91 Å². The highest BCUT2D eigenvalue weighted by atomic mass is 16.2. The van der Waals surface area contributed by atoms with Crippen molar-refractivity contribution in [1.29, 1.82) is 0 Å². The summed E-state index contributed by atoms with van der Waals surface area (Å²) in [5, 5.41) is 13.7. The third-order valence-corrected chi connectivity index (χ3v) is 7.47. The van der Waals surface area contributed by atoms with Gasteiger partial charge in [0.2, 0.25) is 0 Å². The predicted molar refractivity (Wildman–Crippen MR) is 161 cm³/mol. The topological polar surface area (TPSA) is 88.5 Å². The molecule has 3 aromatic carbocycles. The van der Waals surface area contributed by atoms with E-state index in [0.717, 1.165) is 47.1 Å². The number of amides is 1. The van der Waals surface area contributed by atoms with Crippen LogP contribution in [0.15, 0.2) is 109 Å². The van der Waals surface area contributed by atoms with E-state index in [0.29, 0.717) is 18.1 Å². The van der Waals surface area contributed by atoms with Gasteiger partial charge >= 0.3 is 0 Å². The maximum Gasteiger partial charge on any atom is 0.270 e. The number of hydrogen-bond acceptors (Lipinski definition) is 4. The SMILES string of the molecule is CCc1ccc(Cn2c(CCc3ccccc3)nnc2[C@H](NC(=O)c2ccccn2)c2c[nH]c3ccccc23)cc1. The number of benzene rings is 3. The highest BCUT2D eigenvalue weighted by molar-refractivity contribution is 5.93. The number of aryl methyl sites for hydroxylation is 3. The zero-order valence-corrected chi connectivity index (χ0v) is 23.0. The largest absolute Gasteiger partial charge is 0.361 e. The van der Waals surface area contributed by atoms with Crippen molar-refractivity contribution in [2.75, 3.05) is 0 Å². The average molecular weight is 541 g/mol. The molecule has 7 nitrogen and oxygen atoms in total. The Balaban J connectivity index is 1.43. The van der Waals surface area contributed by atoms with Gasteiger partial charge in [-0.15, -0.1) is 10.2 Å². The van der Waals surface area contributed by atoms with Gasteiger partial charge in [-0.3, -0.25) is 9.78 Å². The van der Waals surface area contributed by atoms with E-state index in [1.54, 1.807) is 18.3 Å². The lowest BCUT2D eigenvalue weighted by Crippen LogP contribution is -2.32. The first-order chi connectivity index (χ1) is 20.2. The molecule has 3 aromatic heterocycles. The summed E-state index contributed by atoms with van der Waals surface area (Å²) < 4.78 is 2.16. The molecule has 0 fully saturated rings. The number of hydrogen-bond donors (Lipinski definition) is 2. The van der Waals surface area contributed by atoms with Crippen molar-refractivity contribution >= 4 is 16.8 Å². The highest BCUT2D eigenvalue weighted by Gasteiger charge is 2.28. The van der Waals surface area contributed by atoms with Gasteiger partial charge in [-0.1, -0.05) is 85.8 Å². The molecule has 6 rings (SSSR count). The first kappa shape index (κ1) is 26.2. The maximum absolute atomic E-state index is 13.5. The van der Waals surface area contributed by atoms with Crippen LogP contribution in [0.4, 0.5) is 0 Å². The second-order valence-electron chi connectivity index (χ2n) is 10.1. The monoisotopic (exact) mass is 540 g/mol. The molecule has 0 radical (unpaired) electrons. The molecule has 1 amide bonds. The number of fused-ring (bicyclic) bond motifs is 1. The van der Waals surface area contributed by atoms with Gasteiger partial charge in [0.05, 0.1) is 6.54 Å². The van der Waals surface area contributed by atoms with E-state index < -0.39 is 6.04 Å². The summed E-state index contributed by atoms with van der Waals surface area (Å²) in [7, 11) is 0. The number of carbonyl (C=O) groups is 1. The number of para-hydroxylation sites is 1. The van der Waals surface area contributed by atoms with Crippen LogP contribution in [0.5, 0.6) is 0 Å². The van der Waals surface area contributed by atoms with E-state index in [1.807, 2.05) is 36.5 Å². The molecule has 2 N–H and O–H groups in total. The fourth-order valence-electron chi connectivity index (χ4n) is 5.20. The van der Waals surface area contributed by atoms with Crippen LogP contribution in [-0.4, -0.2) is 30.6 Å². The van der Waals surface area contributed by atoms with Crippen molar-refractivity contribution in [2.45, 2.75) is 38.8 Å².